The van der Waals surface area contributed by atoms with Crippen LogP contribution in [-0.2, 0) is 19.5 Å². The zero-order valence-electron chi connectivity index (χ0n) is 14.5. The van der Waals surface area contributed by atoms with Gasteiger partial charge in [0.25, 0.3) is 0 Å². The summed E-state index contributed by atoms with van der Waals surface area (Å²) in [6.45, 7) is 5.67. The van der Waals surface area contributed by atoms with Crippen molar-refractivity contribution in [3.05, 3.63) is 41.5 Å². The Hall–Kier alpha value is -1.25. The number of β-amino-alcohol motifs (C(OH)–C–C–N with tert-alkyl or cyclic N) is 1. The Morgan fingerprint density at radius 3 is 2.56 bits per heavy atom. The van der Waals surface area contributed by atoms with Gasteiger partial charge in [-0.25, -0.2) is 8.42 Å². The molecule has 4 rings (SSSR count). The van der Waals surface area contributed by atoms with Crippen molar-refractivity contribution in [3.8, 4) is 0 Å². The van der Waals surface area contributed by atoms with Crippen LogP contribution in [0.5, 0.6) is 0 Å². The molecule has 0 bridgehead atoms. The molecule has 0 radical (unpaired) electrons. The first-order valence-electron chi connectivity index (χ1n) is 8.51. The number of aryl methyl sites for hydroxylation is 1. The van der Waals surface area contributed by atoms with Gasteiger partial charge in [-0.1, -0.05) is 17.7 Å². The van der Waals surface area contributed by atoms with Crippen LogP contribution in [0.2, 0.25) is 0 Å². The minimum absolute atomic E-state index is 0.0650. The van der Waals surface area contributed by atoms with Crippen LogP contribution in [-0.4, -0.2) is 54.5 Å². The molecule has 1 aliphatic carbocycles. The quantitative estimate of drug-likeness (QED) is 0.806. The van der Waals surface area contributed by atoms with E-state index in [0.717, 1.165) is 11.1 Å². The molecule has 25 heavy (non-hydrogen) atoms. The van der Waals surface area contributed by atoms with E-state index in [4.69, 9.17) is 9.47 Å². The normalized spacial score (nSPS) is 34.5. The van der Waals surface area contributed by atoms with Crippen molar-refractivity contribution in [2.75, 3.05) is 6.54 Å². The summed E-state index contributed by atoms with van der Waals surface area (Å²) < 4.78 is 39.3. The molecule has 1 aromatic rings. The van der Waals surface area contributed by atoms with E-state index >= 15 is 0 Å². The van der Waals surface area contributed by atoms with Crippen LogP contribution in [0.25, 0.3) is 0 Å². The number of sulfonamides is 1. The lowest BCUT2D eigenvalue weighted by molar-refractivity contribution is -0.143. The Morgan fingerprint density at radius 2 is 1.88 bits per heavy atom. The van der Waals surface area contributed by atoms with Gasteiger partial charge >= 0.3 is 0 Å². The Kier molecular flexibility index (Phi) is 3.86. The number of benzene rings is 1. The zero-order valence-corrected chi connectivity index (χ0v) is 15.4. The van der Waals surface area contributed by atoms with Gasteiger partial charge in [-0.2, -0.15) is 4.31 Å². The number of hydrogen-bond acceptors (Lipinski definition) is 5. The van der Waals surface area contributed by atoms with E-state index in [9.17, 15) is 13.5 Å². The van der Waals surface area contributed by atoms with Gasteiger partial charge in [0.2, 0.25) is 10.0 Å². The number of fused-ring (bicyclic) bond motifs is 2. The molecule has 0 aromatic heterocycles. The average Bonchev–Trinajstić information content (AvgIpc) is 3.01. The van der Waals surface area contributed by atoms with Gasteiger partial charge in [-0.15, -0.1) is 0 Å². The van der Waals surface area contributed by atoms with Crippen molar-refractivity contribution in [2.45, 2.75) is 62.2 Å². The van der Waals surface area contributed by atoms with Crippen LogP contribution in [0.1, 0.15) is 25.8 Å². The Morgan fingerprint density at radius 1 is 1.20 bits per heavy atom. The Balaban J connectivity index is 1.67. The second kappa shape index (κ2) is 5.62. The standard InChI is InChI=1S/C18H23NO5S/c1-11-4-6-12(7-5-11)25(21,22)19-10-15(20)13-8-16-17(9-14(13)19)24-18(2,3)23-16/h4-8,14-17,20H,9-10H2,1-3H3/t14-,15-,16-,17+/m0/s1. The van der Waals surface area contributed by atoms with Crippen LogP contribution in [0.4, 0.5) is 0 Å². The lowest BCUT2D eigenvalue weighted by Crippen LogP contribution is -2.42. The fraction of sp³-hybridized carbons (Fsp3) is 0.556. The van der Waals surface area contributed by atoms with Crippen molar-refractivity contribution in [3.63, 3.8) is 0 Å². The maximum absolute atomic E-state index is 13.1. The highest BCUT2D eigenvalue weighted by molar-refractivity contribution is 7.89. The SMILES string of the molecule is Cc1ccc(S(=O)(=O)N2C[C@H](O)C3=C[C@@H]4OC(C)(C)O[C@@H]4C[C@@H]32)cc1. The Bertz CT molecular complexity index is 814. The molecule has 1 aromatic carbocycles. The van der Waals surface area contributed by atoms with Gasteiger partial charge < -0.3 is 14.6 Å². The first-order valence-corrected chi connectivity index (χ1v) is 9.95. The third-order valence-corrected chi connectivity index (χ3v) is 7.02. The summed E-state index contributed by atoms with van der Waals surface area (Å²) in [6, 6.07) is 6.40. The molecule has 6 nitrogen and oxygen atoms in total. The lowest BCUT2D eigenvalue weighted by Gasteiger charge is -2.30. The molecule has 4 atom stereocenters. The summed E-state index contributed by atoms with van der Waals surface area (Å²) in [6.07, 6.45) is 1.09. The second-order valence-corrected chi connectivity index (χ2v) is 9.35. The van der Waals surface area contributed by atoms with Crippen LogP contribution in [0.3, 0.4) is 0 Å². The van der Waals surface area contributed by atoms with Gasteiger partial charge in [-0.3, -0.25) is 0 Å². The fourth-order valence-corrected chi connectivity index (χ4v) is 5.61. The van der Waals surface area contributed by atoms with Gasteiger partial charge in [0.15, 0.2) is 5.79 Å². The largest absolute Gasteiger partial charge is 0.387 e. The maximum atomic E-state index is 13.1. The molecular formula is C18H23NO5S. The first kappa shape index (κ1) is 17.2. The summed E-state index contributed by atoms with van der Waals surface area (Å²) in [7, 11) is -3.68. The number of nitrogens with zero attached hydrogens (tertiary/aromatic N) is 1. The van der Waals surface area contributed by atoms with Crippen molar-refractivity contribution in [1.29, 1.82) is 0 Å². The summed E-state index contributed by atoms with van der Waals surface area (Å²) >= 11 is 0. The van der Waals surface area contributed by atoms with Crippen molar-refractivity contribution >= 4 is 10.0 Å². The van der Waals surface area contributed by atoms with E-state index in [1.165, 1.54) is 4.31 Å². The molecule has 0 unspecified atom stereocenters. The number of aliphatic hydroxyl groups excluding tert-OH is 1. The molecule has 3 aliphatic rings. The topological polar surface area (TPSA) is 76.1 Å². The molecule has 2 fully saturated rings. The van der Waals surface area contributed by atoms with E-state index in [1.54, 1.807) is 24.3 Å². The van der Waals surface area contributed by atoms with Gasteiger partial charge in [0, 0.05) is 6.54 Å². The van der Waals surface area contributed by atoms with Crippen molar-refractivity contribution in [2.24, 2.45) is 0 Å². The predicted molar refractivity (Wildman–Crippen MR) is 91.4 cm³/mol. The number of ether oxygens (including phenoxy) is 2. The zero-order chi connectivity index (χ0) is 18.0. The van der Waals surface area contributed by atoms with Crippen molar-refractivity contribution < 1.29 is 23.0 Å². The summed E-state index contributed by atoms with van der Waals surface area (Å²) in [4.78, 5) is 0.248. The smallest absolute Gasteiger partial charge is 0.243 e. The minimum Gasteiger partial charge on any atom is -0.387 e. The highest BCUT2D eigenvalue weighted by Gasteiger charge is 2.51. The van der Waals surface area contributed by atoms with Gasteiger partial charge in [0.05, 0.1) is 23.1 Å². The molecule has 2 aliphatic heterocycles. The van der Waals surface area contributed by atoms with E-state index in [2.05, 4.69) is 0 Å². The second-order valence-electron chi connectivity index (χ2n) is 7.46. The summed E-state index contributed by atoms with van der Waals surface area (Å²) in [5.41, 5.74) is 1.72. The monoisotopic (exact) mass is 365 g/mol. The molecule has 7 heteroatoms. The Labute approximate surface area is 148 Å². The van der Waals surface area contributed by atoms with Crippen LogP contribution >= 0.6 is 0 Å². The number of rotatable bonds is 2. The van der Waals surface area contributed by atoms with E-state index in [0.29, 0.717) is 6.42 Å². The molecule has 2 saturated heterocycles. The molecule has 2 heterocycles. The molecule has 1 N–H and O–H groups in total. The number of hydrogen-bond donors (Lipinski definition) is 1. The first-order chi connectivity index (χ1) is 11.7. The van der Waals surface area contributed by atoms with E-state index < -0.39 is 21.9 Å². The molecule has 0 spiro atoms. The molecular weight excluding hydrogens is 342 g/mol. The molecule has 0 amide bonds. The highest BCUT2D eigenvalue weighted by Crippen LogP contribution is 2.42. The van der Waals surface area contributed by atoms with Crippen LogP contribution in [0, 0.1) is 6.92 Å². The maximum Gasteiger partial charge on any atom is 0.243 e. The van der Waals surface area contributed by atoms with Crippen molar-refractivity contribution in [1.82, 2.24) is 4.31 Å². The van der Waals surface area contributed by atoms with E-state index in [-0.39, 0.29) is 29.7 Å². The summed E-state index contributed by atoms with van der Waals surface area (Å²) in [5, 5.41) is 10.4. The fourth-order valence-electron chi connectivity index (χ4n) is 3.97. The lowest BCUT2D eigenvalue weighted by atomic mass is 9.90. The average molecular weight is 365 g/mol. The molecule has 136 valence electrons. The highest BCUT2D eigenvalue weighted by atomic mass is 32.2. The van der Waals surface area contributed by atoms with E-state index in [1.807, 2.05) is 26.8 Å². The number of aliphatic hydroxyl groups is 1. The van der Waals surface area contributed by atoms with Gasteiger partial charge in [0.1, 0.15) is 6.10 Å². The third-order valence-electron chi connectivity index (χ3n) is 5.13. The third kappa shape index (κ3) is 2.84. The summed E-state index contributed by atoms with van der Waals surface area (Å²) in [5.74, 6) is -0.698. The van der Waals surface area contributed by atoms with Crippen LogP contribution in [0.15, 0.2) is 40.8 Å². The molecule has 0 saturated carbocycles. The minimum atomic E-state index is -3.68. The predicted octanol–water partition coefficient (Wildman–Crippen LogP) is 1.58. The van der Waals surface area contributed by atoms with Crippen LogP contribution < -0.4 is 0 Å². The van der Waals surface area contributed by atoms with Gasteiger partial charge in [-0.05, 0) is 51.0 Å².